The SMILES string of the molecule is CCCC1CC(=O)N(Cc2cc(C(F)(F)CF)nc3nc[nH]c23)C1. The molecule has 0 aromatic carbocycles. The van der Waals surface area contributed by atoms with Crippen molar-refractivity contribution < 1.29 is 18.0 Å². The highest BCUT2D eigenvalue weighted by Gasteiger charge is 2.35. The standard InChI is InChI=1S/C16H19F3N4O/c1-2-3-10-4-13(24)23(6-10)7-11-5-12(16(18,19)8-17)22-15-14(11)20-9-21-15/h5,9-10H,2-4,6-8H2,1H3,(H,20,21,22). The number of aromatic amines is 1. The number of pyridine rings is 1. The highest BCUT2D eigenvalue weighted by molar-refractivity contribution is 5.80. The van der Waals surface area contributed by atoms with E-state index in [-0.39, 0.29) is 18.1 Å². The van der Waals surface area contributed by atoms with Crippen LogP contribution in [0.15, 0.2) is 12.4 Å². The molecule has 1 N–H and O–H groups in total. The van der Waals surface area contributed by atoms with E-state index < -0.39 is 18.3 Å². The molecule has 3 heterocycles. The van der Waals surface area contributed by atoms with Crippen molar-refractivity contribution in [2.24, 2.45) is 5.92 Å². The molecule has 5 nitrogen and oxygen atoms in total. The average molecular weight is 340 g/mol. The molecular weight excluding hydrogens is 321 g/mol. The average Bonchev–Trinajstić information content (AvgIpc) is 3.15. The molecule has 2 aromatic heterocycles. The summed E-state index contributed by atoms with van der Waals surface area (Å²) >= 11 is 0. The fraction of sp³-hybridized carbons (Fsp3) is 0.562. The number of hydrogen-bond donors (Lipinski definition) is 1. The predicted octanol–water partition coefficient (Wildman–Crippen LogP) is 3.17. The lowest BCUT2D eigenvalue weighted by molar-refractivity contribution is -0.128. The largest absolute Gasteiger partial charge is 0.343 e. The number of aromatic nitrogens is 3. The molecule has 1 aliphatic heterocycles. The lowest BCUT2D eigenvalue weighted by Crippen LogP contribution is -2.25. The summed E-state index contributed by atoms with van der Waals surface area (Å²) in [7, 11) is 0. The molecule has 0 saturated carbocycles. The fourth-order valence-corrected chi connectivity index (χ4v) is 3.19. The zero-order valence-corrected chi connectivity index (χ0v) is 13.4. The Hall–Kier alpha value is -2.12. The van der Waals surface area contributed by atoms with Crippen LogP contribution >= 0.6 is 0 Å². The summed E-state index contributed by atoms with van der Waals surface area (Å²) in [5.74, 6) is -3.35. The molecule has 8 heteroatoms. The summed E-state index contributed by atoms with van der Waals surface area (Å²) in [6.45, 7) is 1.04. The Morgan fingerprint density at radius 1 is 1.46 bits per heavy atom. The summed E-state index contributed by atoms with van der Waals surface area (Å²) < 4.78 is 40.0. The van der Waals surface area contributed by atoms with Crippen molar-refractivity contribution in [1.82, 2.24) is 19.9 Å². The number of carbonyl (C=O) groups excluding carboxylic acids is 1. The van der Waals surface area contributed by atoms with Gasteiger partial charge in [0.05, 0.1) is 11.8 Å². The van der Waals surface area contributed by atoms with Crippen LogP contribution in [-0.2, 0) is 17.3 Å². The van der Waals surface area contributed by atoms with Crippen molar-refractivity contribution in [3.05, 3.63) is 23.7 Å². The first kappa shape index (κ1) is 16.7. The number of imidazole rings is 1. The zero-order valence-electron chi connectivity index (χ0n) is 13.4. The van der Waals surface area contributed by atoms with Gasteiger partial charge < -0.3 is 9.88 Å². The molecule has 130 valence electrons. The van der Waals surface area contributed by atoms with E-state index in [1.165, 1.54) is 12.4 Å². The number of hydrogen-bond acceptors (Lipinski definition) is 3. The van der Waals surface area contributed by atoms with Crippen molar-refractivity contribution in [2.75, 3.05) is 13.2 Å². The maximum atomic E-state index is 13.7. The van der Waals surface area contributed by atoms with E-state index in [9.17, 15) is 18.0 Å². The van der Waals surface area contributed by atoms with Gasteiger partial charge in [-0.2, -0.15) is 8.78 Å². The molecule has 0 spiro atoms. The van der Waals surface area contributed by atoms with Crippen LogP contribution in [-0.4, -0.2) is 39.0 Å². The number of rotatable bonds is 6. The molecule has 24 heavy (non-hydrogen) atoms. The number of nitrogens with one attached hydrogen (secondary N) is 1. The highest BCUT2D eigenvalue weighted by Crippen LogP contribution is 2.31. The van der Waals surface area contributed by atoms with Crippen LogP contribution in [0.2, 0.25) is 0 Å². The smallest absolute Gasteiger partial charge is 0.317 e. The first-order valence-corrected chi connectivity index (χ1v) is 7.99. The van der Waals surface area contributed by atoms with E-state index in [2.05, 4.69) is 21.9 Å². The third-order valence-corrected chi connectivity index (χ3v) is 4.37. The molecule has 0 aliphatic carbocycles. The van der Waals surface area contributed by atoms with Crippen LogP contribution in [0.1, 0.15) is 37.4 Å². The molecule has 0 radical (unpaired) electrons. The minimum absolute atomic E-state index is 0.0109. The molecule has 2 aromatic rings. The molecule has 1 fully saturated rings. The van der Waals surface area contributed by atoms with Gasteiger partial charge in [-0.25, -0.2) is 14.4 Å². The number of H-pyrrole nitrogens is 1. The molecule has 3 rings (SSSR count). The van der Waals surface area contributed by atoms with Gasteiger partial charge in [-0.3, -0.25) is 4.79 Å². The topological polar surface area (TPSA) is 61.9 Å². The van der Waals surface area contributed by atoms with Crippen molar-refractivity contribution in [2.45, 2.75) is 38.7 Å². The van der Waals surface area contributed by atoms with Crippen molar-refractivity contribution in [3.63, 3.8) is 0 Å². The highest BCUT2D eigenvalue weighted by atomic mass is 19.3. The quantitative estimate of drug-likeness (QED) is 0.879. The van der Waals surface area contributed by atoms with Gasteiger partial charge in [-0.1, -0.05) is 13.3 Å². The van der Waals surface area contributed by atoms with E-state index in [1.807, 2.05) is 0 Å². The maximum Gasteiger partial charge on any atom is 0.317 e. The number of carbonyl (C=O) groups is 1. The Morgan fingerprint density at radius 2 is 2.25 bits per heavy atom. The second-order valence-electron chi connectivity index (χ2n) is 6.24. The Kier molecular flexibility index (Phi) is 4.47. The van der Waals surface area contributed by atoms with Gasteiger partial charge >= 0.3 is 5.92 Å². The lowest BCUT2D eigenvalue weighted by atomic mass is 10.0. The van der Waals surface area contributed by atoms with Gasteiger partial charge in [0.1, 0.15) is 5.69 Å². The molecule has 1 aliphatic rings. The van der Waals surface area contributed by atoms with Crippen LogP contribution in [0.3, 0.4) is 0 Å². The van der Waals surface area contributed by atoms with E-state index in [0.29, 0.717) is 30.0 Å². The number of nitrogens with zero attached hydrogens (tertiary/aromatic N) is 3. The second-order valence-corrected chi connectivity index (χ2v) is 6.24. The first-order chi connectivity index (χ1) is 11.4. The zero-order chi connectivity index (χ0) is 17.3. The molecule has 1 amide bonds. The van der Waals surface area contributed by atoms with Gasteiger partial charge in [-0.15, -0.1) is 0 Å². The number of fused-ring (bicyclic) bond motifs is 1. The van der Waals surface area contributed by atoms with E-state index in [0.717, 1.165) is 12.8 Å². The Balaban J connectivity index is 1.91. The lowest BCUT2D eigenvalue weighted by Gasteiger charge is -2.19. The summed E-state index contributed by atoms with van der Waals surface area (Å²) in [6.07, 6.45) is 3.80. The van der Waals surface area contributed by atoms with Gasteiger partial charge in [0.2, 0.25) is 5.91 Å². The molecule has 1 atom stereocenters. The molecule has 1 unspecified atom stereocenters. The van der Waals surface area contributed by atoms with Gasteiger partial charge in [0, 0.05) is 25.1 Å². The normalized spacial score (nSPS) is 18.8. The molecule has 1 saturated heterocycles. The maximum absolute atomic E-state index is 13.7. The molecule has 0 bridgehead atoms. The first-order valence-electron chi connectivity index (χ1n) is 7.99. The summed E-state index contributed by atoms with van der Waals surface area (Å²) in [6, 6.07) is 1.17. The van der Waals surface area contributed by atoms with Crippen LogP contribution in [0, 0.1) is 5.92 Å². The molecular formula is C16H19F3N4O. The minimum atomic E-state index is -3.67. The third kappa shape index (κ3) is 3.09. The Labute approximate surface area is 137 Å². The van der Waals surface area contributed by atoms with Gasteiger partial charge in [-0.05, 0) is 18.4 Å². The van der Waals surface area contributed by atoms with E-state index in [1.54, 1.807) is 4.90 Å². The summed E-state index contributed by atoms with van der Waals surface area (Å²) in [5, 5.41) is 0. The monoisotopic (exact) mass is 340 g/mol. The van der Waals surface area contributed by atoms with Crippen molar-refractivity contribution >= 4 is 17.1 Å². The van der Waals surface area contributed by atoms with E-state index >= 15 is 0 Å². The van der Waals surface area contributed by atoms with Crippen molar-refractivity contribution in [3.8, 4) is 0 Å². The fourth-order valence-electron chi connectivity index (χ4n) is 3.19. The van der Waals surface area contributed by atoms with Crippen molar-refractivity contribution in [1.29, 1.82) is 0 Å². The summed E-state index contributed by atoms with van der Waals surface area (Å²) in [4.78, 5) is 24.3. The number of amides is 1. The van der Waals surface area contributed by atoms with Gasteiger partial charge in [0.15, 0.2) is 12.3 Å². The minimum Gasteiger partial charge on any atom is -0.343 e. The van der Waals surface area contributed by atoms with Crippen LogP contribution < -0.4 is 0 Å². The van der Waals surface area contributed by atoms with E-state index in [4.69, 9.17) is 0 Å². The second kappa shape index (κ2) is 6.41. The van der Waals surface area contributed by atoms with Gasteiger partial charge in [0.25, 0.3) is 0 Å². The number of alkyl halides is 3. The van der Waals surface area contributed by atoms with Crippen LogP contribution in [0.4, 0.5) is 13.2 Å². The number of halogens is 3. The number of likely N-dealkylation sites (tertiary alicyclic amines) is 1. The van der Waals surface area contributed by atoms with Crippen LogP contribution in [0.25, 0.3) is 11.2 Å². The third-order valence-electron chi connectivity index (χ3n) is 4.37. The Morgan fingerprint density at radius 3 is 2.96 bits per heavy atom. The van der Waals surface area contributed by atoms with Crippen LogP contribution in [0.5, 0.6) is 0 Å². The summed E-state index contributed by atoms with van der Waals surface area (Å²) in [5.41, 5.74) is 0.426. The Bertz CT molecular complexity index is 746. The predicted molar refractivity (Wildman–Crippen MR) is 82.2 cm³/mol.